The van der Waals surface area contributed by atoms with Crippen molar-refractivity contribution in [3.63, 3.8) is 0 Å². The molecule has 2 rings (SSSR count). The van der Waals surface area contributed by atoms with Crippen LogP contribution >= 0.6 is 24.8 Å². The normalized spacial score (nSPS) is 18.8. The fraction of sp³-hybridized carbons (Fsp3) is 0.588. The topological polar surface area (TPSA) is 106 Å². The molecule has 2 atom stereocenters. The fourth-order valence-corrected chi connectivity index (χ4v) is 2.92. The predicted octanol–water partition coefficient (Wildman–Crippen LogP) is 1.19. The third-order valence-electron chi connectivity index (χ3n) is 4.24. The maximum atomic E-state index is 11.9. The van der Waals surface area contributed by atoms with Crippen LogP contribution in [0.15, 0.2) is 24.5 Å². The molecule has 0 aromatic carbocycles. The van der Waals surface area contributed by atoms with Gasteiger partial charge in [-0.2, -0.15) is 0 Å². The van der Waals surface area contributed by atoms with Crippen molar-refractivity contribution in [2.45, 2.75) is 38.3 Å². The molecule has 1 aromatic heterocycles. The summed E-state index contributed by atoms with van der Waals surface area (Å²) in [5, 5.41) is 5.69. The van der Waals surface area contributed by atoms with Crippen molar-refractivity contribution in [1.82, 2.24) is 15.6 Å². The van der Waals surface area contributed by atoms with Gasteiger partial charge in [-0.15, -0.1) is 24.8 Å². The molecule has 7 nitrogen and oxygen atoms in total. The Morgan fingerprint density at radius 2 is 1.92 bits per heavy atom. The minimum absolute atomic E-state index is 0. The van der Waals surface area contributed by atoms with Crippen LogP contribution in [0, 0.1) is 5.92 Å². The minimum Gasteiger partial charge on any atom is -0.362 e. The van der Waals surface area contributed by atoms with E-state index in [1.54, 1.807) is 12.4 Å². The first-order valence-corrected chi connectivity index (χ1v) is 8.42. The lowest BCUT2D eigenvalue weighted by atomic mass is 9.84. The van der Waals surface area contributed by atoms with Crippen molar-refractivity contribution in [3.8, 4) is 0 Å². The number of nitrogens with two attached hydrogens (primary N) is 1. The van der Waals surface area contributed by atoms with E-state index in [1.807, 2.05) is 12.1 Å². The van der Waals surface area contributed by atoms with Gasteiger partial charge in [0.1, 0.15) is 13.2 Å². The highest BCUT2D eigenvalue weighted by molar-refractivity contribution is 5.85. The van der Waals surface area contributed by atoms with Gasteiger partial charge >= 0.3 is 0 Å². The minimum atomic E-state index is -0.260. The van der Waals surface area contributed by atoms with Crippen molar-refractivity contribution in [3.05, 3.63) is 30.1 Å². The fourth-order valence-electron chi connectivity index (χ4n) is 2.92. The van der Waals surface area contributed by atoms with Crippen LogP contribution in [0.1, 0.15) is 31.2 Å². The van der Waals surface area contributed by atoms with Gasteiger partial charge in [0.05, 0.1) is 0 Å². The number of nitrogens with zero attached hydrogens (tertiary/aromatic N) is 1. The summed E-state index contributed by atoms with van der Waals surface area (Å²) in [6, 6.07) is 3.81. The Bertz CT molecular complexity index is 534. The molecule has 1 heterocycles. The summed E-state index contributed by atoms with van der Waals surface area (Å²) in [7, 11) is 0. The summed E-state index contributed by atoms with van der Waals surface area (Å²) in [6.07, 6.45) is 7.65. The van der Waals surface area contributed by atoms with Gasteiger partial charge in [0.2, 0.25) is 11.8 Å². The van der Waals surface area contributed by atoms with E-state index in [0.29, 0.717) is 19.0 Å². The summed E-state index contributed by atoms with van der Waals surface area (Å²) in [6.45, 7) is 0.720. The first-order chi connectivity index (χ1) is 11.7. The molecule has 1 aromatic rings. The molecule has 148 valence electrons. The molecule has 0 saturated heterocycles. The van der Waals surface area contributed by atoms with Gasteiger partial charge < -0.3 is 21.1 Å². The van der Waals surface area contributed by atoms with Gasteiger partial charge in [-0.1, -0.05) is 18.9 Å². The number of aromatic nitrogens is 1. The number of pyridine rings is 1. The first kappa shape index (κ1) is 24.6. The SMILES string of the molecule is Cl.Cl.NCC1CCCCC1NC(=O)COCC(=O)NCc1cccnc1. The molecule has 26 heavy (non-hydrogen) atoms. The van der Waals surface area contributed by atoms with E-state index in [4.69, 9.17) is 10.5 Å². The molecule has 1 saturated carbocycles. The molecule has 0 spiro atoms. The Morgan fingerprint density at radius 3 is 2.62 bits per heavy atom. The van der Waals surface area contributed by atoms with Crippen LogP contribution in [-0.2, 0) is 20.9 Å². The van der Waals surface area contributed by atoms with Crippen LogP contribution < -0.4 is 16.4 Å². The second kappa shape index (κ2) is 13.7. The maximum Gasteiger partial charge on any atom is 0.246 e. The van der Waals surface area contributed by atoms with Gasteiger partial charge in [-0.05, 0) is 36.9 Å². The summed E-state index contributed by atoms with van der Waals surface area (Å²) in [5.74, 6) is -0.116. The van der Waals surface area contributed by atoms with E-state index in [1.165, 1.54) is 6.42 Å². The largest absolute Gasteiger partial charge is 0.362 e. The zero-order chi connectivity index (χ0) is 17.2. The van der Waals surface area contributed by atoms with Crippen molar-refractivity contribution in [2.75, 3.05) is 19.8 Å². The summed E-state index contributed by atoms with van der Waals surface area (Å²) in [5.41, 5.74) is 6.66. The van der Waals surface area contributed by atoms with Gasteiger partial charge in [0.25, 0.3) is 0 Å². The summed E-state index contributed by atoms with van der Waals surface area (Å²) >= 11 is 0. The number of carbonyl (C=O) groups is 2. The van der Waals surface area contributed by atoms with Gasteiger partial charge in [0.15, 0.2) is 0 Å². The molecule has 0 aliphatic heterocycles. The van der Waals surface area contributed by atoms with Gasteiger partial charge in [0, 0.05) is 25.0 Å². The average Bonchev–Trinajstić information content (AvgIpc) is 2.61. The van der Waals surface area contributed by atoms with Crippen molar-refractivity contribution < 1.29 is 14.3 Å². The number of amides is 2. The monoisotopic (exact) mass is 406 g/mol. The van der Waals surface area contributed by atoms with Crippen LogP contribution in [0.25, 0.3) is 0 Å². The smallest absolute Gasteiger partial charge is 0.246 e. The molecule has 2 amide bonds. The highest BCUT2D eigenvalue weighted by atomic mass is 35.5. The molecule has 4 N–H and O–H groups in total. The highest BCUT2D eigenvalue weighted by Gasteiger charge is 2.25. The number of halogens is 2. The highest BCUT2D eigenvalue weighted by Crippen LogP contribution is 2.23. The van der Waals surface area contributed by atoms with E-state index in [2.05, 4.69) is 15.6 Å². The third kappa shape index (κ3) is 8.80. The maximum absolute atomic E-state index is 11.9. The quantitative estimate of drug-likeness (QED) is 0.600. The molecule has 1 aliphatic rings. The standard InChI is InChI=1S/C17H26N4O3.2ClH/c18-8-14-5-1-2-6-15(14)21-17(23)12-24-11-16(22)20-10-13-4-3-7-19-9-13;;/h3-4,7,9,14-15H,1-2,5-6,8,10-12,18H2,(H,20,22)(H,21,23);2*1H. The van der Waals surface area contributed by atoms with Gasteiger partial charge in [-0.25, -0.2) is 0 Å². The van der Waals surface area contributed by atoms with Gasteiger partial charge in [-0.3, -0.25) is 14.6 Å². The lowest BCUT2D eigenvalue weighted by Crippen LogP contribution is -2.46. The molecule has 1 fully saturated rings. The molecule has 1 aliphatic carbocycles. The van der Waals surface area contributed by atoms with Crippen molar-refractivity contribution in [2.24, 2.45) is 11.7 Å². The number of ether oxygens (including phenoxy) is 1. The van der Waals surface area contributed by atoms with Crippen molar-refractivity contribution >= 4 is 36.6 Å². The Hall–Kier alpha value is -1.41. The predicted molar refractivity (Wildman–Crippen MR) is 104 cm³/mol. The first-order valence-electron chi connectivity index (χ1n) is 8.42. The van der Waals surface area contributed by atoms with Crippen LogP contribution in [0.5, 0.6) is 0 Å². The lowest BCUT2D eigenvalue weighted by molar-refractivity contribution is -0.131. The Labute approximate surface area is 166 Å². The number of hydrogen-bond donors (Lipinski definition) is 3. The van der Waals surface area contributed by atoms with Crippen LogP contribution in [-0.4, -0.2) is 42.6 Å². The average molecular weight is 407 g/mol. The van der Waals surface area contributed by atoms with E-state index in [0.717, 1.165) is 24.8 Å². The Morgan fingerprint density at radius 1 is 1.19 bits per heavy atom. The molecule has 9 heteroatoms. The van der Waals surface area contributed by atoms with E-state index < -0.39 is 0 Å². The number of nitrogens with one attached hydrogen (secondary N) is 2. The second-order valence-corrected chi connectivity index (χ2v) is 6.09. The van der Waals surface area contributed by atoms with Crippen LogP contribution in [0.4, 0.5) is 0 Å². The molecule has 0 bridgehead atoms. The zero-order valence-electron chi connectivity index (χ0n) is 14.7. The molecule has 0 radical (unpaired) electrons. The lowest BCUT2D eigenvalue weighted by Gasteiger charge is -2.31. The zero-order valence-corrected chi connectivity index (χ0v) is 16.3. The molecular weight excluding hydrogens is 379 g/mol. The Kier molecular flexibility index (Phi) is 13.0. The summed E-state index contributed by atoms with van der Waals surface area (Å²) < 4.78 is 5.19. The van der Waals surface area contributed by atoms with Crippen molar-refractivity contribution in [1.29, 1.82) is 0 Å². The molecule has 2 unspecified atom stereocenters. The number of hydrogen-bond acceptors (Lipinski definition) is 5. The van der Waals surface area contributed by atoms with Crippen LogP contribution in [0.3, 0.4) is 0 Å². The summed E-state index contributed by atoms with van der Waals surface area (Å²) in [4.78, 5) is 27.6. The van der Waals surface area contributed by atoms with E-state index >= 15 is 0 Å². The number of carbonyl (C=O) groups excluding carboxylic acids is 2. The van der Waals surface area contributed by atoms with E-state index in [-0.39, 0.29) is 55.9 Å². The third-order valence-corrected chi connectivity index (χ3v) is 4.24. The number of rotatable bonds is 8. The Balaban J connectivity index is 0.00000312. The molecular formula is C17H28Cl2N4O3. The second-order valence-electron chi connectivity index (χ2n) is 6.09. The van der Waals surface area contributed by atoms with Crippen LogP contribution in [0.2, 0.25) is 0 Å². The van der Waals surface area contributed by atoms with E-state index in [9.17, 15) is 9.59 Å².